The van der Waals surface area contributed by atoms with Crippen LogP contribution in [0.3, 0.4) is 0 Å². The minimum absolute atomic E-state index is 0.233. The third-order valence-corrected chi connectivity index (χ3v) is 4.64. The van der Waals surface area contributed by atoms with Crippen LogP contribution >= 0.6 is 0 Å². The van der Waals surface area contributed by atoms with Crippen LogP contribution in [-0.2, 0) is 14.8 Å². The van der Waals surface area contributed by atoms with Crippen molar-refractivity contribution < 1.29 is 22.0 Å². The highest BCUT2D eigenvalue weighted by Crippen LogP contribution is 2.47. The molecule has 26 heavy (non-hydrogen) atoms. The first-order valence-corrected chi connectivity index (χ1v) is 9.96. The van der Waals surface area contributed by atoms with Crippen LogP contribution in [-0.4, -0.2) is 20.6 Å². The molecule has 1 aliphatic carbocycles. The summed E-state index contributed by atoms with van der Waals surface area (Å²) < 4.78 is 43.8. The molecule has 0 bridgehead atoms. The third-order valence-electron chi connectivity index (χ3n) is 4.05. The molecule has 0 aliphatic heterocycles. The van der Waals surface area contributed by atoms with Crippen molar-refractivity contribution in [3.63, 3.8) is 0 Å². The van der Waals surface area contributed by atoms with Crippen molar-refractivity contribution >= 4 is 33.4 Å². The summed E-state index contributed by atoms with van der Waals surface area (Å²) >= 11 is 0. The number of halogens is 1. The second-order valence-corrected chi connectivity index (χ2v) is 8.20. The predicted molar refractivity (Wildman–Crippen MR) is 97.8 cm³/mol. The van der Waals surface area contributed by atoms with Crippen LogP contribution in [0.2, 0.25) is 0 Å². The molecule has 1 fully saturated rings. The average Bonchev–Trinajstić information content (AvgIpc) is 3.08. The molecular weight excluding hydrogens is 359 g/mol. The summed E-state index contributed by atoms with van der Waals surface area (Å²) in [6.45, 7) is 2.16. The van der Waals surface area contributed by atoms with Gasteiger partial charge in [0.15, 0.2) is 0 Å². The number of hydrogen-bond acceptors (Lipinski definition) is 4. The molecule has 1 aromatic heterocycles. The van der Waals surface area contributed by atoms with Gasteiger partial charge in [-0.25, -0.2) is 12.8 Å². The highest BCUT2D eigenvalue weighted by atomic mass is 32.2. The van der Waals surface area contributed by atoms with Crippen LogP contribution in [0.15, 0.2) is 40.8 Å². The first kappa shape index (κ1) is 18.2. The maximum Gasteiger partial charge on any atom is 0.248 e. The Morgan fingerprint density at radius 3 is 2.69 bits per heavy atom. The highest BCUT2D eigenvalue weighted by molar-refractivity contribution is 7.92. The largest absolute Gasteiger partial charge is 0.461 e. The minimum Gasteiger partial charge on any atom is -0.461 e. The molecule has 1 heterocycles. The van der Waals surface area contributed by atoms with Gasteiger partial charge in [0.2, 0.25) is 15.9 Å². The topological polar surface area (TPSA) is 88.4 Å². The molecule has 1 aliphatic rings. The van der Waals surface area contributed by atoms with Gasteiger partial charge in [-0.15, -0.1) is 0 Å². The van der Waals surface area contributed by atoms with E-state index in [1.54, 1.807) is 12.1 Å². The van der Waals surface area contributed by atoms with Crippen molar-refractivity contribution in [2.45, 2.75) is 19.3 Å². The Balaban J connectivity index is 1.64. The smallest absolute Gasteiger partial charge is 0.248 e. The lowest BCUT2D eigenvalue weighted by atomic mass is 10.2. The van der Waals surface area contributed by atoms with Crippen molar-refractivity contribution in [1.82, 2.24) is 0 Å². The third kappa shape index (κ3) is 4.72. The van der Waals surface area contributed by atoms with Crippen molar-refractivity contribution in [3.05, 3.63) is 53.7 Å². The standard InChI is InChI=1S/C18H19FN2O4S/c1-11-9-14(11)17-7-4-13(25-17)5-8-18(22)20-12-3-6-15(19)16(10-12)21-26(2,23)24/h3-8,10-11,14,21H,9H2,1-2H3,(H,20,22). The molecule has 1 aromatic carbocycles. The van der Waals surface area contributed by atoms with Crippen LogP contribution < -0.4 is 10.0 Å². The maximum absolute atomic E-state index is 13.6. The lowest BCUT2D eigenvalue weighted by molar-refractivity contribution is -0.111. The summed E-state index contributed by atoms with van der Waals surface area (Å²) in [7, 11) is -3.62. The van der Waals surface area contributed by atoms with E-state index in [0.717, 1.165) is 24.5 Å². The SMILES string of the molecule is CC1CC1c1ccc(C=CC(=O)Nc2ccc(F)c(NS(C)(=O)=O)c2)o1. The van der Waals surface area contributed by atoms with Gasteiger partial charge in [-0.2, -0.15) is 0 Å². The van der Waals surface area contributed by atoms with Gasteiger partial charge in [-0.1, -0.05) is 6.92 Å². The Hall–Kier alpha value is -2.61. The van der Waals surface area contributed by atoms with Crippen LogP contribution in [0, 0.1) is 11.7 Å². The van der Waals surface area contributed by atoms with E-state index in [4.69, 9.17) is 4.42 Å². The van der Waals surface area contributed by atoms with Gasteiger partial charge in [0.1, 0.15) is 17.3 Å². The fourth-order valence-electron chi connectivity index (χ4n) is 2.60. The summed E-state index contributed by atoms with van der Waals surface area (Å²) in [6.07, 6.45) is 4.88. The molecule has 0 saturated heterocycles. The zero-order valence-corrected chi connectivity index (χ0v) is 15.1. The number of hydrogen-bond donors (Lipinski definition) is 2. The van der Waals surface area contributed by atoms with E-state index < -0.39 is 21.7 Å². The van der Waals surface area contributed by atoms with Gasteiger partial charge in [0, 0.05) is 17.7 Å². The number of sulfonamides is 1. The van der Waals surface area contributed by atoms with E-state index in [-0.39, 0.29) is 11.4 Å². The summed E-state index contributed by atoms with van der Waals surface area (Å²) in [5, 5.41) is 2.55. The second kappa shape index (κ2) is 6.95. The molecule has 2 unspecified atom stereocenters. The normalized spacial score (nSPS) is 19.5. The van der Waals surface area contributed by atoms with Gasteiger partial charge in [0.05, 0.1) is 11.9 Å². The number of benzene rings is 1. The van der Waals surface area contributed by atoms with Crippen LogP contribution in [0.4, 0.5) is 15.8 Å². The second-order valence-electron chi connectivity index (χ2n) is 6.45. The molecule has 2 N–H and O–H groups in total. The number of rotatable bonds is 6. The minimum atomic E-state index is -3.62. The molecule has 2 atom stereocenters. The maximum atomic E-state index is 13.6. The first-order chi connectivity index (χ1) is 12.2. The molecule has 6 nitrogen and oxygen atoms in total. The van der Waals surface area contributed by atoms with E-state index in [1.165, 1.54) is 18.2 Å². The van der Waals surface area contributed by atoms with Gasteiger partial charge >= 0.3 is 0 Å². The monoisotopic (exact) mass is 378 g/mol. The van der Waals surface area contributed by atoms with Crippen molar-refractivity contribution in [1.29, 1.82) is 0 Å². The predicted octanol–water partition coefficient (Wildman–Crippen LogP) is 3.57. The zero-order chi connectivity index (χ0) is 18.9. The molecule has 2 aromatic rings. The fourth-order valence-corrected chi connectivity index (χ4v) is 3.15. The quantitative estimate of drug-likeness (QED) is 0.752. The zero-order valence-electron chi connectivity index (χ0n) is 14.3. The van der Waals surface area contributed by atoms with Crippen molar-refractivity contribution in [2.75, 3.05) is 16.3 Å². The summed E-state index contributed by atoms with van der Waals surface area (Å²) in [5.74, 6) is 1.42. The Kier molecular flexibility index (Phi) is 4.86. The van der Waals surface area contributed by atoms with E-state index in [9.17, 15) is 17.6 Å². The molecule has 1 saturated carbocycles. The number of carbonyl (C=O) groups excluding carboxylic acids is 1. The van der Waals surface area contributed by atoms with Crippen LogP contribution in [0.5, 0.6) is 0 Å². The molecular formula is C18H19FN2O4S. The molecule has 0 radical (unpaired) electrons. The molecule has 8 heteroatoms. The number of furan rings is 1. The summed E-state index contributed by atoms with van der Waals surface area (Å²) in [6, 6.07) is 7.34. The number of anilines is 2. The number of carbonyl (C=O) groups is 1. The van der Waals surface area contributed by atoms with Crippen LogP contribution in [0.1, 0.15) is 30.8 Å². The number of amides is 1. The Bertz CT molecular complexity index is 965. The fraction of sp³-hybridized carbons (Fsp3) is 0.278. The Morgan fingerprint density at radius 2 is 2.04 bits per heavy atom. The van der Waals surface area contributed by atoms with Crippen molar-refractivity contribution in [3.8, 4) is 0 Å². The molecule has 3 rings (SSSR count). The highest BCUT2D eigenvalue weighted by Gasteiger charge is 2.36. The van der Waals surface area contributed by atoms with E-state index in [0.29, 0.717) is 17.6 Å². The summed E-state index contributed by atoms with van der Waals surface area (Å²) in [5.41, 5.74) is 0.0302. The van der Waals surface area contributed by atoms with E-state index in [2.05, 4.69) is 17.0 Å². The molecule has 138 valence electrons. The first-order valence-electron chi connectivity index (χ1n) is 8.07. The van der Waals surface area contributed by atoms with Gasteiger partial charge in [-0.05, 0) is 48.7 Å². The van der Waals surface area contributed by atoms with E-state index >= 15 is 0 Å². The van der Waals surface area contributed by atoms with Crippen molar-refractivity contribution in [2.24, 2.45) is 5.92 Å². The van der Waals surface area contributed by atoms with E-state index in [1.807, 2.05) is 6.07 Å². The Labute approximate surface area is 151 Å². The van der Waals surface area contributed by atoms with Gasteiger partial charge < -0.3 is 9.73 Å². The van der Waals surface area contributed by atoms with Crippen LogP contribution in [0.25, 0.3) is 6.08 Å². The summed E-state index contributed by atoms with van der Waals surface area (Å²) in [4.78, 5) is 12.0. The lowest BCUT2D eigenvalue weighted by Crippen LogP contribution is -2.12. The van der Waals surface area contributed by atoms with Gasteiger partial charge in [-0.3, -0.25) is 9.52 Å². The molecule has 1 amide bonds. The lowest BCUT2D eigenvalue weighted by Gasteiger charge is -2.08. The number of nitrogens with one attached hydrogen (secondary N) is 2. The average molecular weight is 378 g/mol. The van der Waals surface area contributed by atoms with Gasteiger partial charge in [0.25, 0.3) is 0 Å². The molecule has 0 spiro atoms. The Morgan fingerprint density at radius 1 is 1.31 bits per heavy atom.